The molecular formula is C23H19N7O3S. The minimum Gasteiger partial charge on any atom is -0.457 e. The van der Waals surface area contributed by atoms with Gasteiger partial charge in [-0.15, -0.1) is 21.5 Å². The molecule has 10 nitrogen and oxygen atoms in total. The highest BCUT2D eigenvalue weighted by Gasteiger charge is 2.12. The van der Waals surface area contributed by atoms with E-state index in [-0.39, 0.29) is 31.3 Å². The summed E-state index contributed by atoms with van der Waals surface area (Å²) in [5.74, 6) is 1.30. The number of amides is 2. The van der Waals surface area contributed by atoms with E-state index in [4.69, 9.17) is 4.42 Å². The summed E-state index contributed by atoms with van der Waals surface area (Å²) in [6, 6.07) is 18.4. The molecule has 0 saturated carbocycles. The van der Waals surface area contributed by atoms with Crippen LogP contribution in [0.5, 0.6) is 0 Å². The first kappa shape index (κ1) is 21.5. The number of furan rings is 1. The third-order valence-electron chi connectivity index (χ3n) is 5.01. The minimum atomic E-state index is -0.265. The van der Waals surface area contributed by atoms with Crippen molar-refractivity contribution in [3.05, 3.63) is 72.0 Å². The quantitative estimate of drug-likeness (QED) is 0.315. The summed E-state index contributed by atoms with van der Waals surface area (Å²) in [4.78, 5) is 29.0. The number of para-hydroxylation sites is 1. The van der Waals surface area contributed by atoms with Gasteiger partial charge in [0, 0.05) is 24.1 Å². The SMILES string of the molecule is O=C(CCNC(=O)c1ccc(-c2nn[nH]n2)cc1)NCc1ccc(-c2nc3ccccc3s2)o1. The van der Waals surface area contributed by atoms with E-state index < -0.39 is 0 Å². The second kappa shape index (κ2) is 9.63. The van der Waals surface area contributed by atoms with Crippen LogP contribution in [-0.4, -0.2) is 44.0 Å². The number of nitrogens with zero attached hydrogens (tertiary/aromatic N) is 4. The predicted octanol–water partition coefficient (Wildman–Crippen LogP) is 3.17. The van der Waals surface area contributed by atoms with Gasteiger partial charge in [-0.25, -0.2) is 4.98 Å². The van der Waals surface area contributed by atoms with Crippen LogP contribution in [0.1, 0.15) is 22.5 Å². The van der Waals surface area contributed by atoms with Crippen LogP contribution in [0.2, 0.25) is 0 Å². The molecular weight excluding hydrogens is 454 g/mol. The van der Waals surface area contributed by atoms with E-state index in [9.17, 15) is 9.59 Å². The number of hydrogen-bond donors (Lipinski definition) is 3. The van der Waals surface area contributed by atoms with E-state index in [1.807, 2.05) is 36.4 Å². The Hall–Kier alpha value is -4.38. The molecule has 3 N–H and O–H groups in total. The average molecular weight is 474 g/mol. The monoisotopic (exact) mass is 473 g/mol. The van der Waals surface area contributed by atoms with Crippen molar-refractivity contribution < 1.29 is 14.0 Å². The Morgan fingerprint density at radius 1 is 1.00 bits per heavy atom. The smallest absolute Gasteiger partial charge is 0.251 e. The molecule has 2 aromatic carbocycles. The largest absolute Gasteiger partial charge is 0.457 e. The van der Waals surface area contributed by atoms with Crippen molar-refractivity contribution in [1.29, 1.82) is 0 Å². The summed E-state index contributed by atoms with van der Waals surface area (Å²) < 4.78 is 6.93. The van der Waals surface area contributed by atoms with Crippen LogP contribution in [0, 0.1) is 0 Å². The molecule has 5 rings (SSSR count). The Morgan fingerprint density at radius 3 is 2.65 bits per heavy atom. The molecule has 2 amide bonds. The van der Waals surface area contributed by atoms with Gasteiger partial charge in [0.15, 0.2) is 10.8 Å². The Balaban J connectivity index is 1.07. The molecule has 0 spiro atoms. The first-order valence-electron chi connectivity index (χ1n) is 10.5. The first-order chi connectivity index (χ1) is 16.7. The summed E-state index contributed by atoms with van der Waals surface area (Å²) >= 11 is 1.56. The number of carbonyl (C=O) groups is 2. The van der Waals surface area contributed by atoms with Crippen molar-refractivity contribution in [2.45, 2.75) is 13.0 Å². The number of carbonyl (C=O) groups excluding carboxylic acids is 2. The molecule has 5 aromatic rings. The number of thiazole rings is 1. The van der Waals surface area contributed by atoms with Gasteiger partial charge in [0.05, 0.1) is 16.8 Å². The molecule has 11 heteroatoms. The predicted molar refractivity (Wildman–Crippen MR) is 126 cm³/mol. The lowest BCUT2D eigenvalue weighted by atomic mass is 10.1. The highest BCUT2D eigenvalue weighted by atomic mass is 32.1. The lowest BCUT2D eigenvalue weighted by molar-refractivity contribution is -0.121. The molecule has 0 aliphatic rings. The third-order valence-corrected chi connectivity index (χ3v) is 6.07. The Bertz CT molecular complexity index is 1390. The van der Waals surface area contributed by atoms with Crippen LogP contribution in [0.4, 0.5) is 0 Å². The number of nitrogens with one attached hydrogen (secondary N) is 3. The highest BCUT2D eigenvalue weighted by Crippen LogP contribution is 2.31. The molecule has 34 heavy (non-hydrogen) atoms. The van der Waals surface area contributed by atoms with Crippen molar-refractivity contribution in [3.63, 3.8) is 0 Å². The summed E-state index contributed by atoms with van der Waals surface area (Å²) in [5.41, 5.74) is 2.15. The maximum atomic E-state index is 12.3. The van der Waals surface area contributed by atoms with Crippen LogP contribution in [0.3, 0.4) is 0 Å². The van der Waals surface area contributed by atoms with Gasteiger partial charge in [0.25, 0.3) is 5.91 Å². The lowest BCUT2D eigenvalue weighted by Crippen LogP contribution is -2.30. The number of fused-ring (bicyclic) bond motifs is 1. The van der Waals surface area contributed by atoms with Crippen LogP contribution >= 0.6 is 11.3 Å². The van der Waals surface area contributed by atoms with E-state index in [0.717, 1.165) is 20.8 Å². The van der Waals surface area contributed by atoms with Gasteiger partial charge in [-0.3, -0.25) is 9.59 Å². The number of hydrogen-bond acceptors (Lipinski definition) is 8. The number of tetrazole rings is 1. The average Bonchev–Trinajstić information content (AvgIpc) is 3.63. The standard InChI is InChI=1S/C23H19N7O3S/c31-20(11-12-24-22(32)15-7-5-14(6-8-15)21-27-29-30-28-21)25-13-16-9-10-18(33-16)23-26-17-3-1-2-4-19(17)34-23/h1-10H,11-13H2,(H,24,32)(H,25,31)(H,27,28,29,30). The molecule has 0 aliphatic heterocycles. The lowest BCUT2D eigenvalue weighted by Gasteiger charge is -2.06. The molecule has 0 fully saturated rings. The van der Waals surface area contributed by atoms with Gasteiger partial charge in [-0.05, 0) is 41.6 Å². The number of benzene rings is 2. The second-order valence-corrected chi connectivity index (χ2v) is 8.38. The zero-order chi connectivity index (χ0) is 23.3. The van der Waals surface area contributed by atoms with E-state index in [0.29, 0.717) is 22.9 Å². The van der Waals surface area contributed by atoms with Gasteiger partial charge in [0.2, 0.25) is 11.7 Å². The van der Waals surface area contributed by atoms with E-state index in [1.165, 1.54) is 0 Å². The zero-order valence-electron chi connectivity index (χ0n) is 17.8. The van der Waals surface area contributed by atoms with Crippen molar-refractivity contribution >= 4 is 33.4 Å². The molecule has 0 unspecified atom stereocenters. The first-order valence-corrected chi connectivity index (χ1v) is 11.3. The molecule has 170 valence electrons. The van der Waals surface area contributed by atoms with Crippen molar-refractivity contribution in [2.24, 2.45) is 0 Å². The number of rotatable bonds is 8. The van der Waals surface area contributed by atoms with Gasteiger partial charge in [-0.2, -0.15) is 5.21 Å². The molecule has 0 saturated heterocycles. The Kier molecular flexibility index (Phi) is 6.08. The van der Waals surface area contributed by atoms with Crippen LogP contribution in [-0.2, 0) is 11.3 Å². The maximum absolute atomic E-state index is 12.3. The normalized spacial score (nSPS) is 10.9. The fourth-order valence-electron chi connectivity index (χ4n) is 3.29. The fraction of sp³-hybridized carbons (Fsp3) is 0.130. The van der Waals surface area contributed by atoms with Crippen LogP contribution in [0.15, 0.2) is 65.1 Å². The summed E-state index contributed by atoms with van der Waals surface area (Å²) in [5, 5.41) is 20.0. The summed E-state index contributed by atoms with van der Waals surface area (Å²) in [7, 11) is 0. The van der Waals surface area contributed by atoms with E-state index >= 15 is 0 Å². The molecule has 0 bridgehead atoms. The third kappa shape index (κ3) is 4.84. The molecule has 0 atom stereocenters. The zero-order valence-corrected chi connectivity index (χ0v) is 18.6. The van der Waals surface area contributed by atoms with Gasteiger partial charge >= 0.3 is 0 Å². The minimum absolute atomic E-state index is 0.151. The molecule has 3 aromatic heterocycles. The summed E-state index contributed by atoms with van der Waals surface area (Å²) in [6.07, 6.45) is 0.151. The van der Waals surface area contributed by atoms with Crippen molar-refractivity contribution in [1.82, 2.24) is 36.2 Å². The van der Waals surface area contributed by atoms with Crippen LogP contribution in [0.25, 0.3) is 32.4 Å². The molecule has 3 heterocycles. The Labute approximate surface area is 197 Å². The summed E-state index contributed by atoms with van der Waals surface area (Å²) in [6.45, 7) is 0.474. The van der Waals surface area contributed by atoms with Gasteiger partial charge < -0.3 is 15.1 Å². The fourth-order valence-corrected chi connectivity index (χ4v) is 4.21. The second-order valence-electron chi connectivity index (χ2n) is 7.35. The number of H-pyrrole nitrogens is 1. The van der Waals surface area contributed by atoms with E-state index in [2.05, 4.69) is 36.2 Å². The molecule has 0 radical (unpaired) electrons. The number of aromatic nitrogens is 5. The Morgan fingerprint density at radius 2 is 1.85 bits per heavy atom. The van der Waals surface area contributed by atoms with Gasteiger partial charge in [-0.1, -0.05) is 24.3 Å². The van der Waals surface area contributed by atoms with E-state index in [1.54, 1.807) is 35.6 Å². The topological polar surface area (TPSA) is 139 Å². The maximum Gasteiger partial charge on any atom is 0.251 e. The number of aromatic amines is 1. The van der Waals surface area contributed by atoms with Crippen LogP contribution < -0.4 is 10.6 Å². The van der Waals surface area contributed by atoms with Gasteiger partial charge in [0.1, 0.15) is 5.76 Å². The van der Waals surface area contributed by atoms with Crippen molar-refractivity contribution in [3.8, 4) is 22.2 Å². The molecule has 0 aliphatic carbocycles. The highest BCUT2D eigenvalue weighted by molar-refractivity contribution is 7.21. The van der Waals surface area contributed by atoms with Crippen molar-refractivity contribution in [2.75, 3.05) is 6.54 Å².